The Kier molecular flexibility index (Phi) is 4.75. The second kappa shape index (κ2) is 6.28. The summed E-state index contributed by atoms with van der Waals surface area (Å²) in [5.74, 6) is 1.02. The van der Waals surface area contributed by atoms with Crippen molar-refractivity contribution in [3.05, 3.63) is 17.7 Å². The van der Waals surface area contributed by atoms with Gasteiger partial charge in [-0.2, -0.15) is 0 Å². The maximum absolute atomic E-state index is 12.1. The van der Waals surface area contributed by atoms with Crippen LogP contribution in [0.1, 0.15) is 39.2 Å². The minimum Gasteiger partial charge on any atom is -0.493 e. The molecule has 0 unspecified atom stereocenters. The van der Waals surface area contributed by atoms with Crippen LogP contribution in [0, 0.1) is 0 Å². The number of ether oxygens (including phenoxy) is 3. The molecule has 0 saturated heterocycles. The fraction of sp³-hybridized carbons (Fsp3) is 0.588. The number of hydrogen-bond acceptors (Lipinski definition) is 5. The monoisotopic (exact) mass is 322 g/mol. The molecule has 0 aromatic heterocycles. The van der Waals surface area contributed by atoms with Crippen molar-refractivity contribution in [1.29, 1.82) is 0 Å². The molecule has 1 amide bonds. The molecular weight excluding hydrogens is 296 g/mol. The summed E-state index contributed by atoms with van der Waals surface area (Å²) in [5.41, 5.74) is 6.99. The first kappa shape index (κ1) is 17.4. The van der Waals surface area contributed by atoms with Crippen molar-refractivity contribution in [3.8, 4) is 11.5 Å². The smallest absolute Gasteiger partial charge is 0.412 e. The maximum atomic E-state index is 12.1. The molecular formula is C17H26N2O4. The van der Waals surface area contributed by atoms with E-state index in [2.05, 4.69) is 5.32 Å². The highest BCUT2D eigenvalue weighted by Crippen LogP contribution is 2.41. The number of carbonyl (C=O) groups excluding carboxylic acids is 1. The number of methoxy groups -OCH3 is 2. The number of rotatable bonds is 5. The minimum absolute atomic E-state index is 0.136. The van der Waals surface area contributed by atoms with Gasteiger partial charge in [-0.3, -0.25) is 5.32 Å². The molecule has 0 spiro atoms. The lowest BCUT2D eigenvalue weighted by Crippen LogP contribution is -2.27. The average molecular weight is 322 g/mol. The van der Waals surface area contributed by atoms with Gasteiger partial charge in [0.1, 0.15) is 5.60 Å². The number of carbonyl (C=O) groups is 1. The van der Waals surface area contributed by atoms with Gasteiger partial charge >= 0.3 is 6.09 Å². The molecule has 6 nitrogen and oxygen atoms in total. The lowest BCUT2D eigenvalue weighted by atomic mass is 10.0. The molecule has 0 bridgehead atoms. The van der Waals surface area contributed by atoms with Gasteiger partial charge in [0, 0.05) is 5.54 Å². The Balaban J connectivity index is 2.27. The molecule has 23 heavy (non-hydrogen) atoms. The summed E-state index contributed by atoms with van der Waals surface area (Å²) in [5, 5.41) is 2.73. The summed E-state index contributed by atoms with van der Waals surface area (Å²) in [6.07, 6.45) is 2.21. The first-order valence-electron chi connectivity index (χ1n) is 7.69. The van der Waals surface area contributed by atoms with Gasteiger partial charge in [0.05, 0.1) is 19.9 Å². The summed E-state index contributed by atoms with van der Waals surface area (Å²) in [7, 11) is 3.09. The largest absolute Gasteiger partial charge is 0.493 e. The fourth-order valence-corrected chi connectivity index (χ4v) is 2.37. The Bertz CT molecular complexity index is 589. The zero-order chi connectivity index (χ0) is 17.3. The molecule has 1 aliphatic rings. The zero-order valence-electron chi connectivity index (χ0n) is 14.5. The Morgan fingerprint density at radius 2 is 1.91 bits per heavy atom. The van der Waals surface area contributed by atoms with Crippen molar-refractivity contribution in [1.82, 2.24) is 0 Å². The molecule has 1 aromatic rings. The molecule has 6 heteroatoms. The van der Waals surface area contributed by atoms with E-state index >= 15 is 0 Å². The third-order valence-electron chi connectivity index (χ3n) is 3.62. The van der Waals surface area contributed by atoms with Crippen LogP contribution in [-0.2, 0) is 11.2 Å². The molecule has 2 rings (SSSR count). The fourth-order valence-electron chi connectivity index (χ4n) is 2.37. The van der Waals surface area contributed by atoms with Crippen LogP contribution in [0.2, 0.25) is 0 Å². The maximum Gasteiger partial charge on any atom is 0.412 e. The lowest BCUT2D eigenvalue weighted by Gasteiger charge is -2.21. The van der Waals surface area contributed by atoms with Gasteiger partial charge < -0.3 is 19.9 Å². The second-order valence-electron chi connectivity index (χ2n) is 7.04. The molecule has 1 saturated carbocycles. The van der Waals surface area contributed by atoms with Gasteiger partial charge in [-0.1, -0.05) is 0 Å². The standard InChI is InChI=1S/C17H26N2O4/c1-16(2,3)23-15(20)19-12-8-11(10-17(18)6-7-17)9-13(21-4)14(12)22-5/h8-9H,6-7,10,18H2,1-5H3,(H,19,20). The van der Waals surface area contributed by atoms with Crippen LogP contribution in [0.4, 0.5) is 10.5 Å². The van der Waals surface area contributed by atoms with Crippen molar-refractivity contribution in [2.45, 2.75) is 51.2 Å². The number of nitrogens with one attached hydrogen (secondary N) is 1. The zero-order valence-corrected chi connectivity index (χ0v) is 14.5. The average Bonchev–Trinajstić information content (AvgIpc) is 3.13. The Labute approximate surface area is 137 Å². The Morgan fingerprint density at radius 3 is 2.39 bits per heavy atom. The molecule has 0 radical (unpaired) electrons. The van der Waals surface area contributed by atoms with Gasteiger partial charge in [0.2, 0.25) is 0 Å². The third kappa shape index (κ3) is 4.76. The molecule has 3 N–H and O–H groups in total. The molecule has 0 aliphatic heterocycles. The van der Waals surface area contributed by atoms with E-state index in [1.807, 2.05) is 32.9 Å². The highest BCUT2D eigenvalue weighted by atomic mass is 16.6. The van der Waals surface area contributed by atoms with E-state index in [0.29, 0.717) is 17.2 Å². The third-order valence-corrected chi connectivity index (χ3v) is 3.62. The van der Waals surface area contributed by atoms with Crippen molar-refractivity contribution in [2.75, 3.05) is 19.5 Å². The SMILES string of the molecule is COc1cc(CC2(N)CC2)cc(NC(=O)OC(C)(C)C)c1OC. The summed E-state index contributed by atoms with van der Waals surface area (Å²) in [6, 6.07) is 3.75. The van der Waals surface area contributed by atoms with E-state index in [1.54, 1.807) is 7.11 Å². The normalized spacial score (nSPS) is 15.7. The van der Waals surface area contributed by atoms with Crippen LogP contribution in [0.5, 0.6) is 11.5 Å². The predicted molar refractivity (Wildman–Crippen MR) is 89.3 cm³/mol. The van der Waals surface area contributed by atoms with Gasteiger partial charge in [-0.25, -0.2) is 4.79 Å². The molecule has 0 heterocycles. The van der Waals surface area contributed by atoms with E-state index in [0.717, 1.165) is 24.8 Å². The first-order valence-corrected chi connectivity index (χ1v) is 7.69. The van der Waals surface area contributed by atoms with E-state index in [1.165, 1.54) is 7.11 Å². The summed E-state index contributed by atoms with van der Waals surface area (Å²) >= 11 is 0. The minimum atomic E-state index is -0.575. The Hall–Kier alpha value is -1.95. The summed E-state index contributed by atoms with van der Waals surface area (Å²) in [4.78, 5) is 12.1. The van der Waals surface area contributed by atoms with Gasteiger partial charge in [0.15, 0.2) is 11.5 Å². The van der Waals surface area contributed by atoms with Gasteiger partial charge in [0.25, 0.3) is 0 Å². The number of amides is 1. The number of hydrogen-bond donors (Lipinski definition) is 2. The number of nitrogens with two attached hydrogens (primary N) is 1. The number of anilines is 1. The van der Waals surface area contributed by atoms with Crippen LogP contribution in [0.3, 0.4) is 0 Å². The number of benzene rings is 1. The molecule has 128 valence electrons. The van der Waals surface area contributed by atoms with Crippen LogP contribution in [0.25, 0.3) is 0 Å². The van der Waals surface area contributed by atoms with Crippen LogP contribution in [0.15, 0.2) is 12.1 Å². The topological polar surface area (TPSA) is 82.8 Å². The highest BCUT2D eigenvalue weighted by Gasteiger charge is 2.38. The van der Waals surface area contributed by atoms with Crippen LogP contribution < -0.4 is 20.5 Å². The summed E-state index contributed by atoms with van der Waals surface area (Å²) in [6.45, 7) is 5.43. The molecule has 1 aromatic carbocycles. The van der Waals surface area contributed by atoms with E-state index in [4.69, 9.17) is 19.9 Å². The first-order chi connectivity index (χ1) is 10.7. The quantitative estimate of drug-likeness (QED) is 0.870. The van der Waals surface area contributed by atoms with E-state index < -0.39 is 11.7 Å². The predicted octanol–water partition coefficient (Wildman–Crippen LogP) is 3.08. The highest BCUT2D eigenvalue weighted by molar-refractivity contribution is 5.88. The van der Waals surface area contributed by atoms with Crippen molar-refractivity contribution in [3.63, 3.8) is 0 Å². The summed E-state index contributed by atoms with van der Waals surface area (Å²) < 4.78 is 16.0. The lowest BCUT2D eigenvalue weighted by molar-refractivity contribution is 0.0635. The second-order valence-corrected chi connectivity index (χ2v) is 7.04. The molecule has 1 fully saturated rings. The van der Waals surface area contributed by atoms with Gasteiger partial charge in [-0.15, -0.1) is 0 Å². The molecule has 0 atom stereocenters. The molecule has 1 aliphatic carbocycles. The van der Waals surface area contributed by atoms with Gasteiger partial charge in [-0.05, 0) is 57.7 Å². The van der Waals surface area contributed by atoms with Crippen molar-refractivity contribution < 1.29 is 19.0 Å². The van der Waals surface area contributed by atoms with Crippen LogP contribution >= 0.6 is 0 Å². The van der Waals surface area contributed by atoms with Crippen molar-refractivity contribution >= 4 is 11.8 Å². The van der Waals surface area contributed by atoms with E-state index in [9.17, 15) is 4.79 Å². The van der Waals surface area contributed by atoms with Crippen molar-refractivity contribution in [2.24, 2.45) is 5.73 Å². The van der Waals surface area contributed by atoms with Crippen LogP contribution in [-0.4, -0.2) is 31.5 Å². The van der Waals surface area contributed by atoms with E-state index in [-0.39, 0.29) is 5.54 Å². The Morgan fingerprint density at radius 1 is 1.26 bits per heavy atom.